The monoisotopic (exact) mass is 427 g/mol. The third-order valence-electron chi connectivity index (χ3n) is 6.69. The first-order valence-electron chi connectivity index (χ1n) is 11.2. The highest BCUT2D eigenvalue weighted by Gasteiger charge is 2.38. The Morgan fingerprint density at radius 3 is 2.72 bits per heavy atom. The minimum atomic E-state index is -0.279. The van der Waals surface area contributed by atoms with Crippen molar-refractivity contribution in [2.75, 3.05) is 42.3 Å². The van der Waals surface area contributed by atoms with E-state index in [9.17, 15) is 4.79 Å². The Morgan fingerprint density at radius 2 is 1.84 bits per heavy atom. The SMILES string of the molecule is Nc1nc(N2CCOCC2)nc2c1C(c1cccc3ccccc13)C1=C(CCCC1=O)N2. The number of allylic oxidation sites excluding steroid dienone is 2. The van der Waals surface area contributed by atoms with Crippen LogP contribution in [0.1, 0.15) is 36.3 Å². The highest BCUT2D eigenvalue weighted by Crippen LogP contribution is 2.48. The summed E-state index contributed by atoms with van der Waals surface area (Å²) in [6.45, 7) is 2.77. The molecule has 1 aromatic heterocycles. The first-order valence-corrected chi connectivity index (χ1v) is 11.2. The number of ether oxygens (including phenoxy) is 1. The molecule has 3 aliphatic rings. The van der Waals surface area contributed by atoms with E-state index in [0.29, 0.717) is 37.2 Å². The number of morpholine rings is 1. The lowest BCUT2D eigenvalue weighted by atomic mass is 9.75. The fourth-order valence-electron chi connectivity index (χ4n) is 5.19. The van der Waals surface area contributed by atoms with Gasteiger partial charge in [-0.15, -0.1) is 0 Å². The topological polar surface area (TPSA) is 93.4 Å². The number of rotatable bonds is 2. The second kappa shape index (κ2) is 7.60. The summed E-state index contributed by atoms with van der Waals surface area (Å²) < 4.78 is 5.47. The number of nitrogen functional groups attached to an aromatic ring is 1. The van der Waals surface area contributed by atoms with E-state index in [1.807, 2.05) is 18.2 Å². The number of nitrogens with two attached hydrogens (primary N) is 1. The van der Waals surface area contributed by atoms with Crippen LogP contribution in [0.25, 0.3) is 10.8 Å². The molecule has 7 nitrogen and oxygen atoms in total. The fourth-order valence-corrected chi connectivity index (χ4v) is 5.19. The Bertz CT molecular complexity index is 1260. The van der Waals surface area contributed by atoms with Crippen molar-refractivity contribution < 1.29 is 9.53 Å². The normalized spacial score (nSPS) is 20.7. The minimum absolute atomic E-state index is 0.180. The molecule has 7 heteroatoms. The van der Waals surface area contributed by atoms with Gasteiger partial charge in [-0.3, -0.25) is 4.79 Å². The number of nitrogens with zero attached hydrogens (tertiary/aromatic N) is 3. The van der Waals surface area contributed by atoms with Gasteiger partial charge < -0.3 is 20.7 Å². The maximum absolute atomic E-state index is 13.2. The van der Waals surface area contributed by atoms with Crippen LogP contribution in [0.4, 0.5) is 17.6 Å². The van der Waals surface area contributed by atoms with E-state index in [-0.39, 0.29) is 11.7 Å². The molecule has 0 saturated carbocycles. The molecule has 0 bridgehead atoms. The summed E-state index contributed by atoms with van der Waals surface area (Å²) in [7, 11) is 0. The van der Waals surface area contributed by atoms with Gasteiger partial charge in [0.05, 0.1) is 13.2 Å². The predicted molar refractivity (Wildman–Crippen MR) is 125 cm³/mol. The molecule has 2 aliphatic heterocycles. The Morgan fingerprint density at radius 1 is 1.03 bits per heavy atom. The predicted octanol–water partition coefficient (Wildman–Crippen LogP) is 3.61. The average molecular weight is 428 g/mol. The van der Waals surface area contributed by atoms with Crippen molar-refractivity contribution >= 4 is 34.1 Å². The Labute approximate surface area is 186 Å². The van der Waals surface area contributed by atoms with Crippen molar-refractivity contribution in [1.82, 2.24) is 9.97 Å². The van der Waals surface area contributed by atoms with Crippen LogP contribution in [-0.4, -0.2) is 42.1 Å². The number of carbonyl (C=O) groups is 1. The van der Waals surface area contributed by atoms with Crippen LogP contribution in [0.2, 0.25) is 0 Å². The molecule has 0 amide bonds. The largest absolute Gasteiger partial charge is 0.383 e. The van der Waals surface area contributed by atoms with E-state index < -0.39 is 0 Å². The molecule has 1 unspecified atom stereocenters. The molecular formula is C25H25N5O2. The number of carbonyl (C=O) groups excluding carboxylic acids is 1. The lowest BCUT2D eigenvalue weighted by Gasteiger charge is -2.35. The molecule has 0 radical (unpaired) electrons. The van der Waals surface area contributed by atoms with Gasteiger partial charge in [-0.1, -0.05) is 42.5 Å². The van der Waals surface area contributed by atoms with Gasteiger partial charge in [0.25, 0.3) is 0 Å². The zero-order valence-corrected chi connectivity index (χ0v) is 17.8. The first kappa shape index (κ1) is 19.3. The maximum Gasteiger partial charge on any atom is 0.229 e. The number of ketones is 1. The van der Waals surface area contributed by atoms with E-state index in [2.05, 4.69) is 34.5 Å². The standard InChI is InChI=1S/C25H25N5O2/c26-23-22-20(17-8-3-6-15-5-1-2-7-16(15)17)21-18(9-4-10-19(21)31)27-24(22)29-25(28-23)30-11-13-32-14-12-30/h1-3,5-8,20H,4,9-14H2,(H3,26,27,28,29). The highest BCUT2D eigenvalue weighted by atomic mass is 16.5. The van der Waals surface area contributed by atoms with Crippen LogP contribution in [-0.2, 0) is 9.53 Å². The molecule has 1 atom stereocenters. The van der Waals surface area contributed by atoms with Gasteiger partial charge in [0.1, 0.15) is 11.6 Å². The molecule has 162 valence electrons. The van der Waals surface area contributed by atoms with Crippen molar-refractivity contribution in [2.24, 2.45) is 0 Å². The van der Waals surface area contributed by atoms with E-state index in [0.717, 1.165) is 59.1 Å². The molecule has 3 aromatic rings. The van der Waals surface area contributed by atoms with E-state index in [4.69, 9.17) is 20.4 Å². The molecule has 1 saturated heterocycles. The zero-order valence-electron chi connectivity index (χ0n) is 17.8. The maximum atomic E-state index is 13.2. The molecule has 1 fully saturated rings. The molecule has 0 spiro atoms. The molecular weight excluding hydrogens is 402 g/mol. The van der Waals surface area contributed by atoms with Gasteiger partial charge >= 0.3 is 0 Å². The summed E-state index contributed by atoms with van der Waals surface area (Å²) >= 11 is 0. The highest BCUT2D eigenvalue weighted by molar-refractivity contribution is 6.03. The van der Waals surface area contributed by atoms with Crippen LogP contribution in [0.3, 0.4) is 0 Å². The van der Waals surface area contributed by atoms with Crippen molar-refractivity contribution in [2.45, 2.75) is 25.2 Å². The molecule has 3 N–H and O–H groups in total. The Balaban J connectivity index is 1.57. The number of anilines is 3. The summed E-state index contributed by atoms with van der Waals surface area (Å²) in [5.74, 6) is 1.65. The van der Waals surface area contributed by atoms with Crippen molar-refractivity contribution in [1.29, 1.82) is 0 Å². The van der Waals surface area contributed by atoms with Crippen LogP contribution in [0.5, 0.6) is 0 Å². The molecule has 2 aromatic carbocycles. The van der Waals surface area contributed by atoms with Crippen molar-refractivity contribution in [3.05, 3.63) is 64.9 Å². The van der Waals surface area contributed by atoms with Crippen LogP contribution in [0.15, 0.2) is 53.7 Å². The summed E-state index contributed by atoms with van der Waals surface area (Å²) in [6, 6.07) is 14.5. The average Bonchev–Trinajstić information content (AvgIpc) is 2.83. The number of hydrogen-bond donors (Lipinski definition) is 2. The van der Waals surface area contributed by atoms with Crippen LogP contribution < -0.4 is 16.0 Å². The van der Waals surface area contributed by atoms with Gasteiger partial charge in [0.2, 0.25) is 5.95 Å². The summed E-state index contributed by atoms with van der Waals surface area (Å²) in [4.78, 5) is 24.9. The molecule has 6 rings (SSSR count). The van der Waals surface area contributed by atoms with Gasteiger partial charge in [-0.25, -0.2) is 0 Å². The quantitative estimate of drug-likeness (QED) is 0.645. The Hall–Kier alpha value is -3.45. The molecule has 32 heavy (non-hydrogen) atoms. The number of benzene rings is 2. The Kier molecular flexibility index (Phi) is 4.57. The summed E-state index contributed by atoms with van der Waals surface area (Å²) in [5, 5.41) is 5.73. The molecule has 1 aliphatic carbocycles. The number of hydrogen-bond acceptors (Lipinski definition) is 7. The summed E-state index contributed by atoms with van der Waals surface area (Å²) in [5.41, 5.74) is 10.3. The van der Waals surface area contributed by atoms with Gasteiger partial charge in [-0.2, -0.15) is 9.97 Å². The second-order valence-electron chi connectivity index (χ2n) is 8.57. The van der Waals surface area contributed by atoms with Crippen LogP contribution in [0, 0.1) is 0 Å². The number of nitrogens with one attached hydrogen (secondary N) is 1. The van der Waals surface area contributed by atoms with Crippen molar-refractivity contribution in [3.8, 4) is 0 Å². The zero-order chi connectivity index (χ0) is 21.7. The third-order valence-corrected chi connectivity index (χ3v) is 6.69. The van der Waals surface area contributed by atoms with Gasteiger partial charge in [0, 0.05) is 42.3 Å². The van der Waals surface area contributed by atoms with Crippen molar-refractivity contribution in [3.63, 3.8) is 0 Å². The smallest absolute Gasteiger partial charge is 0.229 e. The number of aromatic nitrogens is 2. The van der Waals surface area contributed by atoms with E-state index in [1.54, 1.807) is 0 Å². The minimum Gasteiger partial charge on any atom is -0.383 e. The molecule has 3 heterocycles. The fraction of sp³-hybridized carbons (Fsp3) is 0.320. The first-order chi connectivity index (χ1) is 15.7. The number of Topliss-reactive ketones (excluding diaryl/α,β-unsaturated/α-hetero) is 1. The van der Waals surface area contributed by atoms with E-state index >= 15 is 0 Å². The third kappa shape index (κ3) is 3.04. The lowest BCUT2D eigenvalue weighted by Crippen LogP contribution is -2.38. The van der Waals surface area contributed by atoms with E-state index in [1.165, 1.54) is 0 Å². The van der Waals surface area contributed by atoms with Gasteiger partial charge in [0.15, 0.2) is 5.78 Å². The lowest BCUT2D eigenvalue weighted by molar-refractivity contribution is -0.116. The second-order valence-corrected chi connectivity index (χ2v) is 8.57. The van der Waals surface area contributed by atoms with Gasteiger partial charge in [-0.05, 0) is 29.2 Å². The summed E-state index contributed by atoms with van der Waals surface area (Å²) in [6.07, 6.45) is 2.24. The van der Waals surface area contributed by atoms with Crippen LogP contribution >= 0.6 is 0 Å². The number of fused-ring (bicyclic) bond motifs is 2.